The van der Waals surface area contributed by atoms with E-state index in [0.717, 1.165) is 86.6 Å². The van der Waals surface area contributed by atoms with Gasteiger partial charge in [-0.1, -0.05) is 44.1 Å². The predicted molar refractivity (Wildman–Crippen MR) is 148 cm³/mol. The maximum absolute atomic E-state index is 12.8. The van der Waals surface area contributed by atoms with E-state index in [1.165, 1.54) is 5.56 Å². The van der Waals surface area contributed by atoms with Gasteiger partial charge < -0.3 is 19.7 Å². The molecule has 0 saturated heterocycles. The molecule has 1 heterocycles. The minimum atomic E-state index is -0.414. The highest BCUT2D eigenvalue weighted by Crippen LogP contribution is 2.31. The Morgan fingerprint density at radius 3 is 2.72 bits per heavy atom. The van der Waals surface area contributed by atoms with Crippen molar-refractivity contribution in [1.82, 2.24) is 9.47 Å². The van der Waals surface area contributed by atoms with Gasteiger partial charge in [-0.2, -0.15) is 0 Å². The second-order valence-electron chi connectivity index (χ2n) is 10.4. The lowest BCUT2D eigenvalue weighted by atomic mass is 9.88. The number of aliphatic hydroxyl groups excluding tert-OH is 2. The van der Waals surface area contributed by atoms with Gasteiger partial charge in [-0.3, -0.25) is 4.79 Å². The first-order chi connectivity index (χ1) is 17.5. The molecule has 1 aromatic carbocycles. The Morgan fingerprint density at radius 1 is 1.17 bits per heavy atom. The summed E-state index contributed by atoms with van der Waals surface area (Å²) in [6.45, 7) is 5.68. The van der Waals surface area contributed by atoms with E-state index in [9.17, 15) is 15.0 Å². The molecule has 194 valence electrons. The van der Waals surface area contributed by atoms with Crippen LogP contribution in [0.15, 0.2) is 60.3 Å². The average molecular weight is 491 g/mol. The number of allylic oxidation sites excluding steroid dienone is 3. The van der Waals surface area contributed by atoms with Crippen molar-refractivity contribution in [3.63, 3.8) is 0 Å². The maximum atomic E-state index is 12.8. The number of fused-ring (bicyclic) bond motifs is 1. The number of benzene rings is 1. The van der Waals surface area contributed by atoms with Crippen molar-refractivity contribution in [3.8, 4) is 0 Å². The lowest BCUT2D eigenvalue weighted by molar-refractivity contribution is -0.127. The molecule has 2 N–H and O–H groups in total. The van der Waals surface area contributed by atoms with Crippen LogP contribution in [0, 0.1) is 0 Å². The fraction of sp³-hybridized carbons (Fsp3) is 0.516. The highest BCUT2D eigenvalue weighted by atomic mass is 16.3. The van der Waals surface area contributed by atoms with Crippen molar-refractivity contribution >= 4 is 22.5 Å². The summed E-state index contributed by atoms with van der Waals surface area (Å²) in [7, 11) is 0. The number of hydrogen-bond acceptors (Lipinski definition) is 3. The number of carbonyl (C=O) groups is 1. The number of rotatable bonds is 12. The quantitative estimate of drug-likeness (QED) is 0.349. The van der Waals surface area contributed by atoms with E-state index in [-0.39, 0.29) is 11.8 Å². The highest BCUT2D eigenvalue weighted by Gasteiger charge is 2.21. The summed E-state index contributed by atoms with van der Waals surface area (Å²) in [5, 5.41) is 21.5. The molecule has 0 spiro atoms. The van der Waals surface area contributed by atoms with Gasteiger partial charge in [0.05, 0.1) is 17.7 Å². The van der Waals surface area contributed by atoms with Crippen LogP contribution in [0.5, 0.6) is 0 Å². The van der Waals surface area contributed by atoms with Crippen LogP contribution >= 0.6 is 0 Å². The predicted octanol–water partition coefficient (Wildman–Crippen LogP) is 6.18. The third kappa shape index (κ3) is 6.37. The molecule has 0 saturated carbocycles. The third-order valence-corrected chi connectivity index (χ3v) is 7.60. The first-order valence-electron chi connectivity index (χ1n) is 13.8. The fourth-order valence-electron chi connectivity index (χ4n) is 5.58. The molecule has 0 bridgehead atoms. The van der Waals surface area contributed by atoms with Crippen molar-refractivity contribution in [2.75, 3.05) is 13.1 Å². The summed E-state index contributed by atoms with van der Waals surface area (Å²) >= 11 is 0. The summed E-state index contributed by atoms with van der Waals surface area (Å²) in [4.78, 5) is 14.9. The van der Waals surface area contributed by atoms with E-state index in [4.69, 9.17) is 0 Å². The average Bonchev–Trinajstić information content (AvgIpc) is 3.55. The monoisotopic (exact) mass is 490 g/mol. The lowest BCUT2D eigenvalue weighted by Crippen LogP contribution is -2.33. The van der Waals surface area contributed by atoms with E-state index >= 15 is 0 Å². The van der Waals surface area contributed by atoms with Gasteiger partial charge in [0.15, 0.2) is 0 Å². The number of carbonyl (C=O) groups excluding carboxylic acids is 1. The topological polar surface area (TPSA) is 65.7 Å². The molecule has 1 amide bonds. The minimum absolute atomic E-state index is 0.0960. The number of unbranched alkanes of at least 4 members (excludes halogenated alkanes) is 2. The molecule has 3 atom stereocenters. The van der Waals surface area contributed by atoms with Gasteiger partial charge in [-0.25, -0.2) is 0 Å². The molecule has 3 unspecified atom stereocenters. The van der Waals surface area contributed by atoms with E-state index in [1.54, 1.807) is 0 Å². The van der Waals surface area contributed by atoms with E-state index < -0.39 is 12.2 Å². The summed E-state index contributed by atoms with van der Waals surface area (Å²) in [5.41, 5.74) is 4.40. The van der Waals surface area contributed by atoms with Crippen molar-refractivity contribution in [2.24, 2.45) is 0 Å². The third-order valence-electron chi connectivity index (χ3n) is 7.60. The SMILES string of the molecule is CCCN(CCCCCC(c1ccc2c(ccn2C2=CCC(O)C=C2)c1)C(C)O)C(=O)C1=CCCC1. The number of hydrogen-bond donors (Lipinski definition) is 2. The largest absolute Gasteiger partial charge is 0.393 e. The summed E-state index contributed by atoms with van der Waals surface area (Å²) < 4.78 is 2.16. The molecule has 2 aliphatic carbocycles. The van der Waals surface area contributed by atoms with Crippen molar-refractivity contribution in [3.05, 3.63) is 65.9 Å². The molecule has 0 fully saturated rings. The fourth-order valence-corrected chi connectivity index (χ4v) is 5.58. The van der Waals surface area contributed by atoms with Gasteiger partial charge in [-0.15, -0.1) is 0 Å². The van der Waals surface area contributed by atoms with Gasteiger partial charge in [-0.05, 0) is 81.7 Å². The zero-order valence-corrected chi connectivity index (χ0v) is 21.9. The molecule has 0 radical (unpaired) electrons. The molecular formula is C31H42N2O3. The number of aromatic nitrogens is 1. The molecule has 5 heteroatoms. The van der Waals surface area contributed by atoms with E-state index in [0.29, 0.717) is 6.42 Å². The van der Waals surface area contributed by atoms with E-state index in [2.05, 4.69) is 54.1 Å². The standard InChI is InChI=1S/C31H42N2O3/c1-3-19-32(31(36)24-9-6-7-10-24)20-8-4-5-11-29(23(2)34)25-12-17-30-26(22-25)18-21-33(30)27-13-15-28(35)16-14-27/h9,12-15,17-18,21-23,28-29,34-35H,3-8,10-11,16,19-20H2,1-2H3. The molecule has 1 aromatic heterocycles. The van der Waals surface area contributed by atoms with Crippen LogP contribution in [0.2, 0.25) is 0 Å². The zero-order chi connectivity index (χ0) is 25.5. The Bertz CT molecular complexity index is 1120. The first kappa shape index (κ1) is 26.4. The number of amides is 1. The van der Waals surface area contributed by atoms with Crippen LogP contribution in [-0.4, -0.2) is 50.9 Å². The van der Waals surface area contributed by atoms with Crippen molar-refractivity contribution in [1.29, 1.82) is 0 Å². The van der Waals surface area contributed by atoms with Gasteiger partial charge in [0.25, 0.3) is 0 Å². The summed E-state index contributed by atoms with van der Waals surface area (Å²) in [5.74, 6) is 0.339. The van der Waals surface area contributed by atoms with Crippen LogP contribution in [-0.2, 0) is 4.79 Å². The molecule has 5 nitrogen and oxygen atoms in total. The molecular weight excluding hydrogens is 448 g/mol. The normalized spacial score (nSPS) is 19.3. The minimum Gasteiger partial charge on any atom is -0.393 e. The Morgan fingerprint density at radius 2 is 2.03 bits per heavy atom. The van der Waals surface area contributed by atoms with Gasteiger partial charge in [0.2, 0.25) is 5.91 Å². The maximum Gasteiger partial charge on any atom is 0.249 e. The summed E-state index contributed by atoms with van der Waals surface area (Å²) in [6.07, 6.45) is 18.0. The number of nitrogens with zero attached hydrogens (tertiary/aromatic N) is 2. The lowest BCUT2D eigenvalue weighted by Gasteiger charge is -2.24. The first-order valence-corrected chi connectivity index (χ1v) is 13.8. The summed E-state index contributed by atoms with van der Waals surface area (Å²) in [6, 6.07) is 8.62. The van der Waals surface area contributed by atoms with Gasteiger partial charge >= 0.3 is 0 Å². The van der Waals surface area contributed by atoms with Crippen LogP contribution in [0.1, 0.15) is 83.1 Å². The second-order valence-corrected chi connectivity index (χ2v) is 10.4. The molecule has 2 aliphatic rings. The van der Waals surface area contributed by atoms with Crippen LogP contribution in [0.25, 0.3) is 16.6 Å². The Kier molecular flexibility index (Phi) is 9.22. The van der Waals surface area contributed by atoms with Crippen LogP contribution in [0.4, 0.5) is 0 Å². The van der Waals surface area contributed by atoms with Crippen molar-refractivity contribution in [2.45, 2.75) is 89.8 Å². The van der Waals surface area contributed by atoms with Gasteiger partial charge in [0.1, 0.15) is 0 Å². The number of aliphatic hydroxyl groups is 2. The highest BCUT2D eigenvalue weighted by molar-refractivity contribution is 5.93. The van der Waals surface area contributed by atoms with Crippen LogP contribution in [0.3, 0.4) is 0 Å². The van der Waals surface area contributed by atoms with E-state index in [1.807, 2.05) is 24.0 Å². The van der Waals surface area contributed by atoms with Crippen molar-refractivity contribution < 1.29 is 15.0 Å². The molecule has 36 heavy (non-hydrogen) atoms. The molecule has 4 rings (SSSR count). The van der Waals surface area contributed by atoms with Crippen LogP contribution < -0.4 is 0 Å². The molecule has 2 aromatic rings. The molecule has 0 aliphatic heterocycles. The second kappa shape index (κ2) is 12.6. The Labute approximate surface area is 215 Å². The van der Waals surface area contributed by atoms with Gasteiger partial charge in [0, 0.05) is 41.9 Å². The Hall–Kier alpha value is -2.63. The smallest absolute Gasteiger partial charge is 0.249 e. The zero-order valence-electron chi connectivity index (χ0n) is 21.9. The Balaban J connectivity index is 1.33.